The fraction of sp³-hybridized carbons (Fsp3) is 0.611. The molecule has 0 heterocycles. The van der Waals surface area contributed by atoms with Crippen molar-refractivity contribution in [2.75, 3.05) is 19.8 Å². The zero-order chi connectivity index (χ0) is 36.4. The van der Waals surface area contributed by atoms with Crippen molar-refractivity contribution in [3.8, 4) is 5.75 Å². The fourth-order valence-electron chi connectivity index (χ4n) is 9.26. The van der Waals surface area contributed by atoms with Crippen molar-refractivity contribution in [1.82, 2.24) is 0 Å². The number of carbonyl (C=O) groups is 4. The second kappa shape index (κ2) is 14.6. The van der Waals surface area contributed by atoms with E-state index in [0.29, 0.717) is 43.2 Å². The number of aliphatic hydroxyl groups is 1. The molecule has 0 saturated heterocycles. The summed E-state index contributed by atoms with van der Waals surface area (Å²) in [7, 11) is 0. The van der Waals surface area contributed by atoms with Crippen LogP contribution in [0.25, 0.3) is 0 Å². The Morgan fingerprint density at radius 3 is 2.52 bits per heavy atom. The van der Waals surface area contributed by atoms with Gasteiger partial charge in [-0.1, -0.05) is 37.6 Å². The Labute approximate surface area is 289 Å². The lowest BCUT2D eigenvalue weighted by atomic mass is 9.45. The zero-order valence-corrected chi connectivity index (χ0v) is 28.5. The summed E-state index contributed by atoms with van der Waals surface area (Å²) >= 11 is 0. The minimum absolute atomic E-state index is 0.0468. The summed E-state index contributed by atoms with van der Waals surface area (Å²) in [5.41, 5.74) is 3.49. The summed E-state index contributed by atoms with van der Waals surface area (Å²) in [5.74, 6) is -2.38. The average Bonchev–Trinajstić information content (AvgIpc) is 3.32. The van der Waals surface area contributed by atoms with Gasteiger partial charge in [0, 0.05) is 17.3 Å². The highest BCUT2D eigenvalue weighted by Gasteiger charge is 2.71. The molecule has 0 spiro atoms. The molecule has 9 atom stereocenters. The molecule has 13 nitrogen and oxygen atoms in total. The largest absolute Gasteiger partial charge is 0.514 e. The molecule has 14 heteroatoms. The summed E-state index contributed by atoms with van der Waals surface area (Å²) < 4.78 is 32.9. The van der Waals surface area contributed by atoms with Gasteiger partial charge in [-0.05, 0) is 99.0 Å². The zero-order valence-electron chi connectivity index (χ0n) is 28.5. The van der Waals surface area contributed by atoms with Gasteiger partial charge >= 0.3 is 12.1 Å². The average molecular weight is 701 g/mol. The van der Waals surface area contributed by atoms with Gasteiger partial charge in [0.25, 0.3) is 5.09 Å². The molecule has 50 heavy (non-hydrogen) atoms. The van der Waals surface area contributed by atoms with Gasteiger partial charge in [-0.3, -0.25) is 14.4 Å². The Morgan fingerprint density at radius 2 is 1.82 bits per heavy atom. The number of benzene rings is 1. The first-order valence-corrected chi connectivity index (χ1v) is 17.1. The highest BCUT2D eigenvalue weighted by Crippen LogP contribution is 2.69. The minimum Gasteiger partial charge on any atom is -0.465 e. The predicted molar refractivity (Wildman–Crippen MR) is 175 cm³/mol. The second-order valence-electron chi connectivity index (χ2n) is 14.5. The third-order valence-electron chi connectivity index (χ3n) is 11.5. The van der Waals surface area contributed by atoms with Gasteiger partial charge in [-0.15, -0.1) is 10.1 Å². The van der Waals surface area contributed by atoms with Crippen LogP contribution in [0.15, 0.2) is 48.1 Å². The van der Waals surface area contributed by atoms with E-state index in [-0.39, 0.29) is 55.2 Å². The molecular weight excluding hydrogens is 655 g/mol. The number of hydrogen-bond acceptors (Lipinski definition) is 12. The van der Waals surface area contributed by atoms with Crippen molar-refractivity contribution < 1.29 is 52.8 Å². The molecule has 272 valence electrons. The van der Waals surface area contributed by atoms with Crippen LogP contribution < -0.4 is 10.5 Å². The van der Waals surface area contributed by atoms with Crippen molar-refractivity contribution >= 4 is 23.7 Å². The maximum absolute atomic E-state index is 17.3. The Morgan fingerprint density at radius 1 is 1.12 bits per heavy atom. The van der Waals surface area contributed by atoms with Gasteiger partial charge in [0.1, 0.15) is 11.8 Å². The fourth-order valence-corrected chi connectivity index (χ4v) is 9.26. The maximum atomic E-state index is 17.3. The van der Waals surface area contributed by atoms with Crippen LogP contribution in [0.2, 0.25) is 0 Å². The summed E-state index contributed by atoms with van der Waals surface area (Å²) in [6, 6.07) is 5.25. The molecule has 1 aromatic rings. The number of esters is 1. The van der Waals surface area contributed by atoms with Crippen LogP contribution in [0.1, 0.15) is 64.9 Å². The molecule has 0 aliphatic heterocycles. The van der Waals surface area contributed by atoms with Gasteiger partial charge in [-0.2, -0.15) is 0 Å². The Hall–Kier alpha value is -4.17. The van der Waals surface area contributed by atoms with Crippen LogP contribution in [0, 0.1) is 44.6 Å². The number of hydrogen-bond donors (Lipinski definition) is 2. The van der Waals surface area contributed by atoms with E-state index in [9.17, 15) is 34.4 Å². The Balaban J connectivity index is 1.12. The van der Waals surface area contributed by atoms with Gasteiger partial charge in [-0.25, -0.2) is 9.18 Å². The number of ketones is 2. The molecule has 0 amide bonds. The molecule has 3 fully saturated rings. The van der Waals surface area contributed by atoms with E-state index in [1.165, 1.54) is 24.3 Å². The number of Topliss-reactive ketones (excluding diaryl/α,β-unsaturated/α-hetero) is 1. The van der Waals surface area contributed by atoms with Crippen LogP contribution in [-0.4, -0.2) is 71.5 Å². The number of nitrogens with zero attached hydrogens (tertiary/aromatic N) is 1. The number of halogens is 1. The number of ether oxygens (including phenoxy) is 3. The number of allylic oxidation sites excluding steroid dienone is 4. The topological polar surface area (TPSA) is 195 Å². The van der Waals surface area contributed by atoms with E-state index < -0.39 is 64.3 Å². The van der Waals surface area contributed by atoms with Crippen LogP contribution in [0.4, 0.5) is 9.18 Å². The van der Waals surface area contributed by atoms with E-state index in [0.717, 1.165) is 0 Å². The molecular formula is C36H45FN2O11. The maximum Gasteiger partial charge on any atom is 0.514 e. The first kappa shape index (κ1) is 37.1. The van der Waals surface area contributed by atoms with E-state index >= 15 is 4.39 Å². The lowest BCUT2D eigenvalue weighted by Crippen LogP contribution is -2.66. The van der Waals surface area contributed by atoms with Gasteiger partial charge in [0.05, 0.1) is 19.3 Å². The molecule has 2 unspecified atom stereocenters. The lowest BCUT2D eigenvalue weighted by molar-refractivity contribution is -0.757. The normalized spacial score (nSPS) is 33.2. The van der Waals surface area contributed by atoms with Crippen molar-refractivity contribution in [3.63, 3.8) is 0 Å². The number of alkyl halides is 1. The molecule has 5 rings (SSSR count). The van der Waals surface area contributed by atoms with Gasteiger partial charge in [0.15, 0.2) is 23.8 Å². The first-order valence-electron chi connectivity index (χ1n) is 17.1. The summed E-state index contributed by atoms with van der Waals surface area (Å²) in [6.45, 7) is 5.05. The van der Waals surface area contributed by atoms with Gasteiger partial charge in [0.2, 0.25) is 0 Å². The Bertz CT molecular complexity index is 1560. The highest BCUT2D eigenvalue weighted by atomic mass is 19.1. The lowest BCUT2D eigenvalue weighted by Gasteiger charge is -2.61. The number of aliphatic hydroxyl groups excluding tert-OH is 1. The molecule has 1 aromatic carbocycles. The molecule has 4 aliphatic rings. The van der Waals surface area contributed by atoms with Crippen molar-refractivity contribution in [2.45, 2.75) is 83.5 Å². The van der Waals surface area contributed by atoms with E-state index in [1.807, 2.05) is 13.8 Å². The SMILES string of the molecule is C[C@H]1CC2C3CCC4=CC(=O)C=C[C@]4(C)[C@@]3(F)[C@@H](O)C[C@]2(C)[C@H]1C(=O)COC(=O)Oc1ccc(C[C@H](N)C(=O)OCCCCO[N+](=O)[O-])cc1. The minimum atomic E-state index is -1.99. The molecule has 0 bridgehead atoms. The number of carbonyl (C=O) groups excluding carboxylic acids is 4. The quantitative estimate of drug-likeness (QED) is 0.0969. The van der Waals surface area contributed by atoms with E-state index in [4.69, 9.17) is 19.9 Å². The van der Waals surface area contributed by atoms with E-state index in [1.54, 1.807) is 25.1 Å². The molecule has 0 aromatic heterocycles. The number of fused-ring (bicyclic) bond motifs is 5. The van der Waals surface area contributed by atoms with Crippen molar-refractivity contribution in [1.29, 1.82) is 0 Å². The van der Waals surface area contributed by atoms with Crippen molar-refractivity contribution in [3.05, 3.63) is 63.7 Å². The molecule has 3 N–H and O–H groups in total. The smallest absolute Gasteiger partial charge is 0.465 e. The van der Waals surface area contributed by atoms with Crippen LogP contribution in [0.3, 0.4) is 0 Å². The predicted octanol–water partition coefficient (Wildman–Crippen LogP) is 4.41. The molecule has 4 aliphatic carbocycles. The molecule has 0 radical (unpaired) electrons. The van der Waals surface area contributed by atoms with Crippen molar-refractivity contribution in [2.24, 2.45) is 40.2 Å². The third-order valence-corrected chi connectivity index (χ3v) is 11.5. The monoisotopic (exact) mass is 700 g/mol. The number of nitrogens with two attached hydrogens (primary N) is 1. The third kappa shape index (κ3) is 7.05. The highest BCUT2D eigenvalue weighted by molar-refractivity contribution is 6.01. The summed E-state index contributed by atoms with van der Waals surface area (Å²) in [6.07, 6.45) is 4.58. The standard InChI is InChI=1S/C36H45FN2O11/c1-21-16-27-26-11-8-23-18-24(40)12-13-35(23,3)36(26,37)30(42)19-34(27,2)31(21)29(41)20-48-33(44)50-25-9-6-22(7-10-25)17-28(38)32(43)47-14-4-5-15-49-39(45)46/h6-7,9-10,12-13,18,21,26-28,30-31,42H,4-5,8,11,14-17,19-20,38H2,1-3H3/t21-,26?,27?,28-,30-,31+,34-,35-,36-/m0/s1. The van der Waals surface area contributed by atoms with Crippen LogP contribution >= 0.6 is 0 Å². The number of unbranched alkanes of at least 4 members (excludes halogenated alkanes) is 1. The van der Waals surface area contributed by atoms with E-state index in [2.05, 4.69) is 4.84 Å². The van der Waals surface area contributed by atoms with Gasteiger partial charge < -0.3 is 29.9 Å². The second-order valence-corrected chi connectivity index (χ2v) is 14.5. The first-order chi connectivity index (χ1) is 23.6. The molecule has 3 saturated carbocycles. The van der Waals surface area contributed by atoms with Crippen LogP contribution in [-0.2, 0) is 35.1 Å². The van der Waals surface area contributed by atoms with Crippen LogP contribution in [0.5, 0.6) is 5.75 Å². The Kier molecular flexibility index (Phi) is 10.8. The number of rotatable bonds is 13. The summed E-state index contributed by atoms with van der Waals surface area (Å²) in [5, 5.41) is 20.7. The summed E-state index contributed by atoms with van der Waals surface area (Å²) in [4.78, 5) is 64.8.